The summed E-state index contributed by atoms with van der Waals surface area (Å²) in [5.41, 5.74) is 5.83. The summed E-state index contributed by atoms with van der Waals surface area (Å²) in [5, 5.41) is 2.68. The van der Waals surface area contributed by atoms with E-state index in [9.17, 15) is 14.3 Å². The van der Waals surface area contributed by atoms with Crippen molar-refractivity contribution in [3.63, 3.8) is 0 Å². The van der Waals surface area contributed by atoms with Crippen molar-refractivity contribution >= 4 is 65.8 Å². The molecular weight excluding hydrogens is 613 g/mol. The lowest BCUT2D eigenvalue weighted by atomic mass is 10.1. The molecule has 4 aromatic heterocycles. The second-order valence-electron chi connectivity index (χ2n) is 8.72. The van der Waals surface area contributed by atoms with E-state index >= 15 is 4.39 Å². The number of nitrogens with one attached hydrogen (secondary N) is 2. The van der Waals surface area contributed by atoms with Crippen LogP contribution in [-0.2, 0) is 47.8 Å². The molecule has 214 valence electrons. The average Bonchev–Trinajstić information content (AvgIpc) is 3.55. The van der Waals surface area contributed by atoms with Gasteiger partial charge in [0.1, 0.15) is 29.9 Å². The van der Waals surface area contributed by atoms with Crippen molar-refractivity contribution in [1.29, 1.82) is 0 Å². The SMILES string of the molecule is Nc1nc2c(ncn2[C@@H]2O[C@@H]3COP(O)(=S)OCCn4c(nc5cncnc54)CNP(=O)(S)O[C@@H]2[C@@H]3F)c(=O)[nH]1. The normalized spacial score (nSPS) is 32.1. The number of aromatic amines is 1. The maximum absolute atomic E-state index is 15.8. The Bertz CT molecular complexity index is 1750. The number of nitrogens with zero attached hydrogens (tertiary/aromatic N) is 7. The van der Waals surface area contributed by atoms with Gasteiger partial charge in [-0.2, -0.15) is 4.98 Å². The molecule has 1 fully saturated rings. The third-order valence-corrected chi connectivity index (χ3v) is 9.56. The number of alkyl halides is 1. The zero-order chi connectivity index (χ0) is 28.2. The van der Waals surface area contributed by atoms with Crippen LogP contribution in [0.25, 0.3) is 22.3 Å². The van der Waals surface area contributed by atoms with Gasteiger partial charge in [0.2, 0.25) is 5.95 Å². The van der Waals surface area contributed by atoms with E-state index in [4.69, 9.17) is 35.8 Å². The Labute approximate surface area is 233 Å². The zero-order valence-corrected chi connectivity index (χ0v) is 23.6. The molecule has 22 heteroatoms. The molecule has 6 atom stereocenters. The van der Waals surface area contributed by atoms with Gasteiger partial charge in [-0.25, -0.2) is 29.4 Å². The first kappa shape index (κ1) is 27.8. The molecule has 5 N–H and O–H groups in total. The van der Waals surface area contributed by atoms with Crippen LogP contribution in [0.1, 0.15) is 12.1 Å². The highest BCUT2D eigenvalue weighted by molar-refractivity contribution is 8.45. The zero-order valence-electron chi connectivity index (χ0n) is 20.1. The van der Waals surface area contributed by atoms with Gasteiger partial charge < -0.3 is 29.0 Å². The fourth-order valence-electron chi connectivity index (χ4n) is 4.41. The number of nitrogen functional groups attached to an aromatic ring is 1. The maximum Gasteiger partial charge on any atom is 0.324 e. The lowest BCUT2D eigenvalue weighted by Crippen LogP contribution is -2.33. The van der Waals surface area contributed by atoms with E-state index in [0.29, 0.717) is 17.0 Å². The first-order valence-electron chi connectivity index (χ1n) is 11.6. The fraction of sp³-hybridized carbons (Fsp3) is 0.444. The second kappa shape index (κ2) is 10.5. The van der Waals surface area contributed by atoms with Crippen molar-refractivity contribution in [2.75, 3.05) is 18.9 Å². The number of fused-ring (bicyclic) bond motifs is 6. The van der Waals surface area contributed by atoms with Crippen molar-refractivity contribution < 1.29 is 32.2 Å². The number of thiol groups is 1. The minimum Gasteiger partial charge on any atom is -0.369 e. The third-order valence-electron chi connectivity index (χ3n) is 6.15. The molecule has 2 bridgehead atoms. The van der Waals surface area contributed by atoms with Crippen LogP contribution in [0.4, 0.5) is 10.3 Å². The predicted molar refractivity (Wildman–Crippen MR) is 143 cm³/mol. The predicted octanol–water partition coefficient (Wildman–Crippen LogP) is 0.553. The molecule has 6 rings (SSSR count). The number of halogens is 1. The number of aromatic nitrogens is 8. The largest absolute Gasteiger partial charge is 0.369 e. The maximum atomic E-state index is 15.8. The number of imidazole rings is 2. The Morgan fingerprint density at radius 1 is 1.27 bits per heavy atom. The Hall–Kier alpha value is -2.38. The quantitative estimate of drug-likeness (QED) is 0.143. The van der Waals surface area contributed by atoms with Crippen LogP contribution in [0.3, 0.4) is 0 Å². The summed E-state index contributed by atoms with van der Waals surface area (Å²) in [4.78, 5) is 45.9. The van der Waals surface area contributed by atoms with E-state index in [0.717, 1.165) is 0 Å². The summed E-state index contributed by atoms with van der Waals surface area (Å²) in [6.07, 6.45) is -2.24. The van der Waals surface area contributed by atoms with Crippen molar-refractivity contribution in [2.45, 2.75) is 37.7 Å². The molecule has 0 radical (unpaired) electrons. The van der Waals surface area contributed by atoms with Crippen molar-refractivity contribution in [3.8, 4) is 0 Å². The summed E-state index contributed by atoms with van der Waals surface area (Å²) in [5.74, 6) is 0.139. The van der Waals surface area contributed by atoms with E-state index in [1.54, 1.807) is 4.57 Å². The molecule has 0 aromatic carbocycles. The van der Waals surface area contributed by atoms with Gasteiger partial charge in [0, 0.05) is 6.54 Å². The van der Waals surface area contributed by atoms with Crippen molar-refractivity contribution in [1.82, 2.24) is 44.1 Å². The summed E-state index contributed by atoms with van der Waals surface area (Å²) in [6.45, 7) is -8.53. The standard InChI is InChI=1S/C18H21FN10O7P2S2/c19-11-9-5-34-38(32,40)33-2-1-28-10(25-8-3-21-6-22-14(8)28)4-24-37(31,39)36-13(11)17(35-9)29-7-23-12-15(29)26-18(20)27-16(12)30/h3,6-7,9,11,13,17H,1-2,4-5H2,(H,32,40)(H2,24,31,39)(H3,20,26,27,30)/t9-,11-,13-,17-,37?,38?/m1/s1. The van der Waals surface area contributed by atoms with Crippen LogP contribution >= 0.6 is 25.7 Å². The molecule has 17 nitrogen and oxygen atoms in total. The molecule has 0 aliphatic carbocycles. The van der Waals surface area contributed by atoms with Gasteiger partial charge in [0.05, 0.1) is 32.3 Å². The van der Waals surface area contributed by atoms with E-state index < -0.39 is 50.2 Å². The van der Waals surface area contributed by atoms with Crippen LogP contribution < -0.4 is 16.4 Å². The number of anilines is 1. The summed E-state index contributed by atoms with van der Waals surface area (Å²) in [7, 11) is 0. The van der Waals surface area contributed by atoms with Crippen LogP contribution in [-0.4, -0.2) is 75.5 Å². The van der Waals surface area contributed by atoms with Gasteiger partial charge in [0.25, 0.3) is 5.56 Å². The molecule has 2 unspecified atom stereocenters. The third kappa shape index (κ3) is 5.32. The Morgan fingerprint density at radius 3 is 2.92 bits per heavy atom. The van der Waals surface area contributed by atoms with Crippen LogP contribution in [0.2, 0.25) is 0 Å². The fourth-order valence-corrected chi connectivity index (χ4v) is 7.05. The minimum absolute atomic E-state index is 0.0320. The smallest absolute Gasteiger partial charge is 0.324 e. The highest BCUT2D eigenvalue weighted by atomic mass is 32.7. The molecular formula is C18H21FN10O7P2S2. The number of H-pyrrole nitrogens is 1. The number of hydrogen-bond acceptors (Lipinski definition) is 13. The number of rotatable bonds is 1. The lowest BCUT2D eigenvalue weighted by molar-refractivity contribution is -0.0436. The van der Waals surface area contributed by atoms with Crippen LogP contribution in [0.5, 0.6) is 0 Å². The van der Waals surface area contributed by atoms with Gasteiger partial charge in [-0.15, -0.1) is 0 Å². The molecule has 0 saturated carbocycles. The van der Waals surface area contributed by atoms with E-state index in [1.807, 2.05) is 0 Å². The summed E-state index contributed by atoms with van der Waals surface area (Å²) >= 11 is 9.25. The van der Waals surface area contributed by atoms with E-state index in [2.05, 4.69) is 47.2 Å². The summed E-state index contributed by atoms with van der Waals surface area (Å²) < 4.78 is 54.5. The average molecular weight is 635 g/mol. The minimum atomic E-state index is -4.05. The van der Waals surface area contributed by atoms with Crippen molar-refractivity contribution in [3.05, 3.63) is 35.0 Å². The molecule has 4 aromatic rings. The van der Waals surface area contributed by atoms with E-state index in [1.165, 1.54) is 23.4 Å². The molecule has 1 saturated heterocycles. The second-order valence-corrected chi connectivity index (χ2v) is 14.7. The Balaban J connectivity index is 1.38. The van der Waals surface area contributed by atoms with Gasteiger partial charge >= 0.3 is 13.4 Å². The molecule has 6 heterocycles. The molecule has 0 amide bonds. The first-order chi connectivity index (χ1) is 19.0. The van der Waals surface area contributed by atoms with Gasteiger partial charge in [0.15, 0.2) is 29.2 Å². The molecule has 2 aliphatic heterocycles. The molecule has 2 aliphatic rings. The highest BCUT2D eigenvalue weighted by Crippen LogP contribution is 2.53. The van der Waals surface area contributed by atoms with Crippen LogP contribution in [0, 0.1) is 0 Å². The lowest BCUT2D eigenvalue weighted by Gasteiger charge is -2.24. The highest BCUT2D eigenvalue weighted by Gasteiger charge is 2.50. The topological polar surface area (TPSA) is 219 Å². The van der Waals surface area contributed by atoms with E-state index in [-0.39, 0.29) is 36.8 Å². The first-order valence-corrected chi connectivity index (χ1v) is 16.9. The Morgan fingerprint density at radius 2 is 2.10 bits per heavy atom. The summed E-state index contributed by atoms with van der Waals surface area (Å²) in [6, 6.07) is 0. The van der Waals surface area contributed by atoms with Crippen molar-refractivity contribution in [2.24, 2.45) is 0 Å². The number of hydrogen-bond donors (Lipinski definition) is 5. The van der Waals surface area contributed by atoms with Gasteiger partial charge in [-0.05, 0) is 11.8 Å². The number of ether oxygens (including phenoxy) is 1. The van der Waals surface area contributed by atoms with Crippen LogP contribution in [0.15, 0.2) is 23.6 Å². The Kier molecular flexibility index (Phi) is 7.27. The molecule has 0 spiro atoms. The number of nitrogens with two attached hydrogens (primary N) is 1. The molecule has 40 heavy (non-hydrogen) atoms. The van der Waals surface area contributed by atoms with Gasteiger partial charge in [-0.1, -0.05) is 12.2 Å². The van der Waals surface area contributed by atoms with Gasteiger partial charge in [-0.3, -0.25) is 23.4 Å². The monoisotopic (exact) mass is 634 g/mol.